The summed E-state index contributed by atoms with van der Waals surface area (Å²) in [6.07, 6.45) is 0. The third kappa shape index (κ3) is 3.08. The van der Waals surface area contributed by atoms with E-state index in [1.165, 1.54) is 0 Å². The summed E-state index contributed by atoms with van der Waals surface area (Å²) in [5.74, 6) is 0.148. The van der Waals surface area contributed by atoms with Gasteiger partial charge in [0.1, 0.15) is 11.5 Å². The molecule has 0 spiro atoms. The van der Waals surface area contributed by atoms with Gasteiger partial charge in [-0.1, -0.05) is 18.2 Å². The van der Waals surface area contributed by atoms with E-state index in [0.29, 0.717) is 17.7 Å². The van der Waals surface area contributed by atoms with E-state index < -0.39 is 0 Å². The second-order valence-corrected chi connectivity index (χ2v) is 4.62. The van der Waals surface area contributed by atoms with E-state index in [2.05, 4.69) is 11.4 Å². The minimum atomic E-state index is -0.188. The molecule has 3 N–H and O–H groups in total. The third-order valence-corrected chi connectivity index (χ3v) is 3.19. The molecule has 1 atom stereocenters. The Hall–Kier alpha value is -2.51. The minimum Gasteiger partial charge on any atom is -0.507 e. The van der Waals surface area contributed by atoms with Crippen LogP contribution in [0.2, 0.25) is 0 Å². The van der Waals surface area contributed by atoms with Gasteiger partial charge in [-0.05, 0) is 36.8 Å². The molecule has 102 valence electrons. The molecule has 0 amide bonds. The molecule has 0 heterocycles. The molecule has 0 radical (unpaired) electrons. The molecule has 4 heteroatoms. The molecule has 0 fully saturated rings. The number of phenolic OH excluding ortho intramolecular Hbond substituents is 2. The highest BCUT2D eigenvalue weighted by molar-refractivity contribution is 5.45. The topological polar surface area (TPSA) is 76.3 Å². The van der Waals surface area contributed by atoms with Crippen LogP contribution in [0.15, 0.2) is 42.5 Å². The van der Waals surface area contributed by atoms with E-state index in [-0.39, 0.29) is 17.5 Å². The number of benzene rings is 2. The maximum Gasteiger partial charge on any atom is 0.124 e. The summed E-state index contributed by atoms with van der Waals surface area (Å²) in [4.78, 5) is 0. The van der Waals surface area contributed by atoms with Crippen molar-refractivity contribution in [3.8, 4) is 17.6 Å². The molecule has 2 aromatic carbocycles. The Morgan fingerprint density at radius 3 is 2.25 bits per heavy atom. The first-order valence-electron chi connectivity index (χ1n) is 6.35. The van der Waals surface area contributed by atoms with Gasteiger partial charge >= 0.3 is 0 Å². The summed E-state index contributed by atoms with van der Waals surface area (Å²) in [5.41, 5.74) is 2.15. The molecule has 0 aromatic heterocycles. The quantitative estimate of drug-likeness (QED) is 0.797. The first-order chi connectivity index (χ1) is 9.61. The zero-order valence-corrected chi connectivity index (χ0v) is 11.2. The largest absolute Gasteiger partial charge is 0.507 e. The van der Waals surface area contributed by atoms with Gasteiger partial charge in [0, 0.05) is 12.6 Å². The van der Waals surface area contributed by atoms with Crippen LogP contribution in [0.25, 0.3) is 0 Å². The van der Waals surface area contributed by atoms with Crippen molar-refractivity contribution >= 4 is 0 Å². The average molecular weight is 268 g/mol. The Morgan fingerprint density at radius 2 is 1.70 bits per heavy atom. The Kier molecular flexibility index (Phi) is 4.24. The number of nitriles is 1. The summed E-state index contributed by atoms with van der Waals surface area (Å²) in [5, 5.41) is 31.5. The van der Waals surface area contributed by atoms with Crippen LogP contribution in [0.3, 0.4) is 0 Å². The first-order valence-corrected chi connectivity index (χ1v) is 6.35. The average Bonchev–Trinajstić information content (AvgIpc) is 2.45. The van der Waals surface area contributed by atoms with Crippen molar-refractivity contribution in [2.75, 3.05) is 0 Å². The van der Waals surface area contributed by atoms with Crippen LogP contribution >= 0.6 is 0 Å². The molecule has 0 aliphatic heterocycles. The summed E-state index contributed by atoms with van der Waals surface area (Å²) in [6, 6.07) is 13.9. The summed E-state index contributed by atoms with van der Waals surface area (Å²) < 4.78 is 0. The minimum absolute atomic E-state index is 0.0739. The summed E-state index contributed by atoms with van der Waals surface area (Å²) >= 11 is 0. The zero-order valence-electron chi connectivity index (χ0n) is 11.2. The maximum absolute atomic E-state index is 9.79. The zero-order chi connectivity index (χ0) is 14.5. The predicted octanol–water partition coefficient (Wildman–Crippen LogP) is 2.82. The molecule has 1 unspecified atom stereocenters. The van der Waals surface area contributed by atoms with Crippen molar-refractivity contribution in [1.82, 2.24) is 5.32 Å². The van der Waals surface area contributed by atoms with Crippen molar-refractivity contribution in [3.05, 3.63) is 59.2 Å². The van der Waals surface area contributed by atoms with Crippen LogP contribution in [-0.4, -0.2) is 10.2 Å². The molecule has 0 aliphatic rings. The lowest BCUT2D eigenvalue weighted by atomic mass is 10.1. The van der Waals surface area contributed by atoms with Gasteiger partial charge in [0.15, 0.2) is 0 Å². The number of aromatic hydroxyl groups is 2. The number of phenols is 2. The fraction of sp³-hybridized carbons (Fsp3) is 0.188. The molecular weight excluding hydrogens is 252 g/mol. The molecule has 2 rings (SSSR count). The maximum atomic E-state index is 9.79. The van der Waals surface area contributed by atoms with Crippen molar-refractivity contribution in [2.24, 2.45) is 0 Å². The SMILES string of the molecule is CC(NCc1ccc(C#N)cc1)c1c(O)cccc1O. The standard InChI is InChI=1S/C16H16N2O2/c1-11(16-14(19)3-2-4-15(16)20)18-10-13-7-5-12(9-17)6-8-13/h2-8,11,18-20H,10H2,1H3. The van der Waals surface area contributed by atoms with Gasteiger partial charge in [-0.25, -0.2) is 0 Å². The third-order valence-electron chi connectivity index (χ3n) is 3.19. The van der Waals surface area contributed by atoms with E-state index >= 15 is 0 Å². The number of nitrogens with one attached hydrogen (secondary N) is 1. The lowest BCUT2D eigenvalue weighted by molar-refractivity contribution is 0.418. The van der Waals surface area contributed by atoms with E-state index in [9.17, 15) is 10.2 Å². The molecule has 4 nitrogen and oxygen atoms in total. The Bertz CT molecular complexity index is 610. The van der Waals surface area contributed by atoms with Crippen LogP contribution in [0.5, 0.6) is 11.5 Å². The fourth-order valence-corrected chi connectivity index (χ4v) is 2.05. The van der Waals surface area contributed by atoms with Crippen LogP contribution in [0, 0.1) is 11.3 Å². The van der Waals surface area contributed by atoms with Crippen LogP contribution in [0.4, 0.5) is 0 Å². The summed E-state index contributed by atoms with van der Waals surface area (Å²) in [6.45, 7) is 2.46. The van der Waals surface area contributed by atoms with E-state index in [4.69, 9.17) is 5.26 Å². The van der Waals surface area contributed by atoms with Crippen LogP contribution < -0.4 is 5.32 Å². The molecular formula is C16H16N2O2. The first kappa shape index (κ1) is 13.9. The van der Waals surface area contributed by atoms with Crippen molar-refractivity contribution in [1.29, 1.82) is 5.26 Å². The number of hydrogen-bond donors (Lipinski definition) is 3. The van der Waals surface area contributed by atoms with Gasteiger partial charge < -0.3 is 15.5 Å². The Morgan fingerprint density at radius 1 is 1.10 bits per heavy atom. The van der Waals surface area contributed by atoms with Crippen molar-refractivity contribution < 1.29 is 10.2 Å². The van der Waals surface area contributed by atoms with Gasteiger partial charge in [0.25, 0.3) is 0 Å². The van der Waals surface area contributed by atoms with E-state index in [1.807, 2.05) is 19.1 Å². The van der Waals surface area contributed by atoms with Gasteiger partial charge in [-0.3, -0.25) is 0 Å². The highest BCUT2D eigenvalue weighted by Gasteiger charge is 2.14. The second-order valence-electron chi connectivity index (χ2n) is 4.62. The molecule has 0 bridgehead atoms. The van der Waals surface area contributed by atoms with Gasteiger partial charge in [-0.15, -0.1) is 0 Å². The van der Waals surface area contributed by atoms with Crippen molar-refractivity contribution in [3.63, 3.8) is 0 Å². The molecule has 0 aliphatic carbocycles. The predicted molar refractivity (Wildman–Crippen MR) is 76.2 cm³/mol. The number of nitrogens with zero attached hydrogens (tertiary/aromatic N) is 1. The van der Waals surface area contributed by atoms with Crippen molar-refractivity contribution in [2.45, 2.75) is 19.5 Å². The molecule has 20 heavy (non-hydrogen) atoms. The smallest absolute Gasteiger partial charge is 0.124 e. The number of rotatable bonds is 4. The van der Waals surface area contributed by atoms with Crippen LogP contribution in [0.1, 0.15) is 29.7 Å². The number of hydrogen-bond acceptors (Lipinski definition) is 4. The summed E-state index contributed by atoms with van der Waals surface area (Å²) in [7, 11) is 0. The fourth-order valence-electron chi connectivity index (χ4n) is 2.05. The Labute approximate surface area is 117 Å². The highest BCUT2D eigenvalue weighted by Crippen LogP contribution is 2.32. The Balaban J connectivity index is 2.05. The molecule has 2 aromatic rings. The van der Waals surface area contributed by atoms with E-state index in [0.717, 1.165) is 5.56 Å². The second kappa shape index (κ2) is 6.09. The molecule has 0 saturated heterocycles. The van der Waals surface area contributed by atoms with Gasteiger partial charge in [0.2, 0.25) is 0 Å². The highest BCUT2D eigenvalue weighted by atomic mass is 16.3. The van der Waals surface area contributed by atoms with Gasteiger partial charge in [0.05, 0.1) is 17.2 Å². The lowest BCUT2D eigenvalue weighted by Crippen LogP contribution is -2.18. The lowest BCUT2D eigenvalue weighted by Gasteiger charge is -2.17. The normalized spacial score (nSPS) is 11.8. The van der Waals surface area contributed by atoms with Crippen LogP contribution in [-0.2, 0) is 6.54 Å². The monoisotopic (exact) mass is 268 g/mol. The van der Waals surface area contributed by atoms with Gasteiger partial charge in [-0.2, -0.15) is 5.26 Å². The van der Waals surface area contributed by atoms with E-state index in [1.54, 1.807) is 30.3 Å². The molecule has 0 saturated carbocycles.